The average Bonchev–Trinajstić information content (AvgIpc) is 3.31. The zero-order chi connectivity index (χ0) is 30.2. The summed E-state index contributed by atoms with van der Waals surface area (Å²) in [7, 11) is 0. The number of nitrogens with zero attached hydrogens (tertiary/aromatic N) is 1. The molecule has 1 aromatic rings. The summed E-state index contributed by atoms with van der Waals surface area (Å²) >= 11 is 0. The first kappa shape index (κ1) is 32.3. The molecule has 222 valence electrons. The van der Waals surface area contributed by atoms with Crippen LogP contribution in [0.25, 0.3) is 0 Å². The van der Waals surface area contributed by atoms with Gasteiger partial charge in [-0.25, -0.2) is 9.59 Å². The molecule has 0 unspecified atom stereocenters. The van der Waals surface area contributed by atoms with Gasteiger partial charge < -0.3 is 9.84 Å². The van der Waals surface area contributed by atoms with E-state index < -0.39 is 73.3 Å². The molecule has 1 fully saturated rings. The molecule has 0 saturated carbocycles. The molecule has 2 rings (SSSR count). The molecule has 1 heterocycles. The number of halogens is 13. The van der Waals surface area contributed by atoms with Gasteiger partial charge in [0.05, 0.1) is 0 Å². The van der Waals surface area contributed by atoms with Gasteiger partial charge in [0.1, 0.15) is 12.6 Å². The maximum atomic E-state index is 13.9. The number of ether oxygens (including phenoxy) is 1. The highest BCUT2D eigenvalue weighted by Gasteiger charge is 2.90. The number of hydrogen-bond donors (Lipinski definition) is 1. The van der Waals surface area contributed by atoms with Crippen molar-refractivity contribution in [1.82, 2.24) is 4.90 Å². The molecule has 1 aliphatic rings. The highest BCUT2D eigenvalue weighted by atomic mass is 19.4. The highest BCUT2D eigenvalue weighted by Crippen LogP contribution is 2.60. The molecule has 18 heteroatoms. The number of carboxylic acid groups (broad SMARTS) is 1. The molecule has 1 atom stereocenters. The summed E-state index contributed by atoms with van der Waals surface area (Å²) in [4.78, 5) is 24.1. The largest absolute Gasteiger partial charge is 0.480 e. The minimum Gasteiger partial charge on any atom is -0.480 e. The summed E-state index contributed by atoms with van der Waals surface area (Å²) in [5.41, 5.74) is -0.141. The number of hydrogen-bond acceptors (Lipinski definition) is 3. The predicted octanol–water partition coefficient (Wildman–Crippen LogP) is 6.54. The molecule has 0 radical (unpaired) electrons. The van der Waals surface area contributed by atoms with Crippen LogP contribution >= 0.6 is 0 Å². The molecule has 1 amide bonds. The number of carboxylic acids is 1. The lowest BCUT2D eigenvalue weighted by atomic mass is 9.91. The third-order valence-electron chi connectivity index (χ3n) is 5.88. The summed E-state index contributed by atoms with van der Waals surface area (Å²) in [6.45, 7) is -0.364. The van der Waals surface area contributed by atoms with E-state index in [2.05, 4.69) is 0 Å². The Hall–Kier alpha value is -2.95. The topological polar surface area (TPSA) is 66.8 Å². The van der Waals surface area contributed by atoms with Crippen LogP contribution in [0.3, 0.4) is 0 Å². The van der Waals surface area contributed by atoms with Gasteiger partial charge in [-0.1, -0.05) is 24.3 Å². The van der Waals surface area contributed by atoms with Crippen molar-refractivity contribution < 1.29 is 76.5 Å². The minimum atomic E-state index is -7.94. The normalized spacial score (nSPS) is 17.9. The number of benzene rings is 1. The molecule has 1 aliphatic heterocycles. The average molecular weight is 595 g/mol. The number of carbonyl (C=O) groups excluding carboxylic acids is 1. The van der Waals surface area contributed by atoms with Crippen molar-refractivity contribution in [2.75, 3.05) is 6.54 Å². The van der Waals surface area contributed by atoms with Crippen LogP contribution < -0.4 is 0 Å². The number of aryl methyl sites for hydroxylation is 1. The second-order valence-corrected chi connectivity index (χ2v) is 8.56. The van der Waals surface area contributed by atoms with Crippen LogP contribution in [0.15, 0.2) is 24.3 Å². The van der Waals surface area contributed by atoms with Gasteiger partial charge in [-0.3, -0.25) is 4.90 Å². The van der Waals surface area contributed by atoms with Gasteiger partial charge in [-0.2, -0.15) is 57.1 Å². The quantitative estimate of drug-likeness (QED) is 0.312. The maximum absolute atomic E-state index is 13.9. The van der Waals surface area contributed by atoms with E-state index in [0.717, 1.165) is 29.2 Å². The molecule has 1 aromatic carbocycles. The Morgan fingerprint density at radius 1 is 0.795 bits per heavy atom. The molecule has 0 spiro atoms. The SMILES string of the molecule is O=C(O)[C@H]1CCCN1C(=O)OCc1ccc(CCC(F)(F)C(F)(F)C(F)(F)C(F)(F)C(F)(F)C(F)(F)F)cc1. The van der Waals surface area contributed by atoms with Crippen molar-refractivity contribution in [2.45, 2.75) is 74.1 Å². The second kappa shape index (κ2) is 10.6. The lowest BCUT2D eigenvalue weighted by Gasteiger charge is -2.39. The molecule has 1 saturated heterocycles. The number of amides is 1. The van der Waals surface area contributed by atoms with Crippen LogP contribution in [0, 0.1) is 0 Å². The van der Waals surface area contributed by atoms with E-state index in [1.165, 1.54) is 0 Å². The van der Waals surface area contributed by atoms with Crippen molar-refractivity contribution in [3.8, 4) is 0 Å². The van der Waals surface area contributed by atoms with Gasteiger partial charge in [0, 0.05) is 13.0 Å². The molecule has 39 heavy (non-hydrogen) atoms. The first-order valence-electron chi connectivity index (χ1n) is 10.7. The Labute approximate surface area is 210 Å². The summed E-state index contributed by atoms with van der Waals surface area (Å²) in [5.74, 6) is -38.3. The lowest BCUT2D eigenvalue weighted by Crippen LogP contribution is -2.70. The fourth-order valence-corrected chi connectivity index (χ4v) is 3.53. The molecule has 1 N–H and O–H groups in total. The Morgan fingerprint density at radius 2 is 1.28 bits per heavy atom. The monoisotopic (exact) mass is 595 g/mol. The smallest absolute Gasteiger partial charge is 0.460 e. The van der Waals surface area contributed by atoms with Gasteiger partial charge in [-0.05, 0) is 30.4 Å². The molecule has 0 aliphatic carbocycles. The van der Waals surface area contributed by atoms with Gasteiger partial charge in [-0.15, -0.1) is 0 Å². The van der Waals surface area contributed by atoms with Crippen molar-refractivity contribution in [3.63, 3.8) is 0 Å². The van der Waals surface area contributed by atoms with Crippen LogP contribution in [0.2, 0.25) is 0 Å². The number of likely N-dealkylation sites (tertiary alicyclic amines) is 1. The first-order valence-corrected chi connectivity index (χ1v) is 10.7. The Bertz CT molecular complexity index is 1040. The Balaban J connectivity index is 2.07. The molecular weight excluding hydrogens is 577 g/mol. The predicted molar refractivity (Wildman–Crippen MR) is 103 cm³/mol. The number of carbonyl (C=O) groups is 2. The van der Waals surface area contributed by atoms with Gasteiger partial charge >= 0.3 is 47.9 Å². The molecule has 0 bridgehead atoms. The number of rotatable bonds is 10. The Morgan fingerprint density at radius 3 is 1.77 bits per heavy atom. The number of alkyl halides is 13. The Kier molecular flexibility index (Phi) is 8.73. The standard InChI is InChI=1S/C21H18F13NO4/c22-16(23,17(24,25)18(26,27)19(28,29)20(30,31)21(32,33)34)8-7-11-3-5-12(6-4-11)10-39-15(38)35-9-1-2-13(35)14(36)37/h3-6,13H,1-2,7-10H2,(H,36,37)/t13-/m1/s1. The van der Waals surface area contributed by atoms with E-state index in [4.69, 9.17) is 9.84 Å². The van der Waals surface area contributed by atoms with Gasteiger partial charge in [0.15, 0.2) is 0 Å². The van der Waals surface area contributed by atoms with Crippen molar-refractivity contribution in [2.24, 2.45) is 0 Å². The highest BCUT2D eigenvalue weighted by molar-refractivity contribution is 5.80. The van der Waals surface area contributed by atoms with Crippen molar-refractivity contribution >= 4 is 12.1 Å². The van der Waals surface area contributed by atoms with Gasteiger partial charge in [0.2, 0.25) is 0 Å². The van der Waals surface area contributed by atoms with E-state index in [1.807, 2.05) is 0 Å². The lowest BCUT2D eigenvalue weighted by molar-refractivity contribution is -0.440. The molecular formula is C21H18F13NO4. The van der Waals surface area contributed by atoms with E-state index in [9.17, 15) is 66.7 Å². The van der Waals surface area contributed by atoms with Crippen molar-refractivity contribution in [1.29, 1.82) is 0 Å². The summed E-state index contributed by atoms with van der Waals surface area (Å²) in [5, 5.41) is 9.05. The first-order chi connectivity index (χ1) is 17.5. The van der Waals surface area contributed by atoms with E-state index >= 15 is 0 Å². The van der Waals surface area contributed by atoms with Crippen LogP contribution in [0.1, 0.15) is 30.4 Å². The van der Waals surface area contributed by atoms with Crippen molar-refractivity contribution in [3.05, 3.63) is 35.4 Å². The third-order valence-corrected chi connectivity index (χ3v) is 5.88. The maximum Gasteiger partial charge on any atom is 0.460 e. The van der Waals surface area contributed by atoms with E-state index in [-0.39, 0.29) is 24.1 Å². The van der Waals surface area contributed by atoms with Gasteiger partial charge in [0.25, 0.3) is 0 Å². The van der Waals surface area contributed by atoms with E-state index in [1.54, 1.807) is 0 Å². The van der Waals surface area contributed by atoms with Crippen LogP contribution in [-0.4, -0.2) is 70.4 Å². The summed E-state index contributed by atoms with van der Waals surface area (Å²) < 4.78 is 176. The molecule has 5 nitrogen and oxygen atoms in total. The van der Waals surface area contributed by atoms with Crippen LogP contribution in [0.5, 0.6) is 0 Å². The van der Waals surface area contributed by atoms with Crippen LogP contribution in [0.4, 0.5) is 61.9 Å². The fraction of sp³-hybridized carbons (Fsp3) is 0.619. The number of aliphatic carboxylic acids is 1. The zero-order valence-corrected chi connectivity index (χ0v) is 19.2. The summed E-state index contributed by atoms with van der Waals surface area (Å²) in [6, 6.07) is 2.95. The fourth-order valence-electron chi connectivity index (χ4n) is 3.53. The van der Waals surface area contributed by atoms with E-state index in [0.29, 0.717) is 6.42 Å². The second-order valence-electron chi connectivity index (χ2n) is 8.56. The third kappa shape index (κ3) is 5.83. The van der Waals surface area contributed by atoms with Crippen LogP contribution in [-0.2, 0) is 22.6 Å². The minimum absolute atomic E-state index is 0.104. The zero-order valence-electron chi connectivity index (χ0n) is 19.2. The summed E-state index contributed by atoms with van der Waals surface area (Å²) in [6.07, 6.45) is -11.5. The molecule has 0 aromatic heterocycles.